The smallest absolute Gasteiger partial charge is 0.331 e. The fraction of sp³-hybridized carbons (Fsp3) is 0.500. The number of nitrogens with zero attached hydrogens (tertiary/aromatic N) is 1. The van der Waals surface area contributed by atoms with Gasteiger partial charge in [0.1, 0.15) is 18.5 Å². The van der Waals surface area contributed by atoms with Gasteiger partial charge >= 0.3 is 23.9 Å². The Morgan fingerprint density at radius 1 is 0.964 bits per heavy atom. The van der Waals surface area contributed by atoms with Crippen molar-refractivity contribution < 1.29 is 42.9 Å². The number of esters is 4. The largest absolute Gasteiger partial charge is 0.466 e. The number of likely N-dealkylation sites (tertiary alicyclic amines) is 1. The topological polar surface area (TPSA) is 126 Å². The number of methoxy groups -OCH3 is 2. The Balaban J connectivity index is 2.67. The summed E-state index contributed by atoms with van der Waals surface area (Å²) in [4.78, 5) is 58.9. The summed E-state index contributed by atoms with van der Waals surface area (Å²) in [5.74, 6) is -3.04. The summed E-state index contributed by atoms with van der Waals surface area (Å²) in [6, 6.07) is 0. The molecule has 0 radical (unpaired) electrons. The maximum atomic E-state index is 11.9. The van der Waals surface area contributed by atoms with Crippen molar-refractivity contribution in [3.8, 4) is 0 Å². The van der Waals surface area contributed by atoms with Gasteiger partial charge in [-0.2, -0.15) is 0 Å². The summed E-state index contributed by atoms with van der Waals surface area (Å²) in [5.41, 5.74) is 0. The first kappa shape index (κ1) is 23.0. The van der Waals surface area contributed by atoms with Crippen LogP contribution in [0.3, 0.4) is 0 Å². The summed E-state index contributed by atoms with van der Waals surface area (Å²) in [5, 5.41) is 0. The second kappa shape index (κ2) is 12.4. The van der Waals surface area contributed by atoms with Gasteiger partial charge in [0.05, 0.1) is 20.8 Å². The van der Waals surface area contributed by atoms with Crippen molar-refractivity contribution in [2.75, 3.05) is 40.5 Å². The van der Waals surface area contributed by atoms with Crippen molar-refractivity contribution in [3.05, 3.63) is 24.3 Å². The van der Waals surface area contributed by atoms with Crippen molar-refractivity contribution in [3.63, 3.8) is 0 Å². The summed E-state index contributed by atoms with van der Waals surface area (Å²) < 4.78 is 18.9. The molecule has 1 unspecified atom stereocenters. The van der Waals surface area contributed by atoms with Crippen molar-refractivity contribution in [1.29, 1.82) is 0 Å². The molecule has 0 amide bonds. The van der Waals surface area contributed by atoms with Gasteiger partial charge in [-0.25, -0.2) is 19.2 Å². The maximum absolute atomic E-state index is 11.9. The normalized spacial score (nSPS) is 16.0. The summed E-state index contributed by atoms with van der Waals surface area (Å²) in [7, 11) is 2.32. The first-order valence-electron chi connectivity index (χ1n) is 8.47. The number of hydrogen-bond donors (Lipinski definition) is 0. The van der Waals surface area contributed by atoms with Gasteiger partial charge in [-0.1, -0.05) is 0 Å². The lowest BCUT2D eigenvalue weighted by Crippen LogP contribution is -2.43. The third kappa shape index (κ3) is 9.62. The molecule has 1 aliphatic heterocycles. The highest BCUT2D eigenvalue weighted by atomic mass is 16.6. The van der Waals surface area contributed by atoms with E-state index in [1.807, 2.05) is 0 Å². The second-order valence-electron chi connectivity index (χ2n) is 5.78. The van der Waals surface area contributed by atoms with Crippen LogP contribution in [0.5, 0.6) is 0 Å². The van der Waals surface area contributed by atoms with E-state index in [1.165, 1.54) is 0 Å². The fourth-order valence-corrected chi connectivity index (χ4v) is 2.31. The van der Waals surface area contributed by atoms with Gasteiger partial charge in [0.15, 0.2) is 0 Å². The molecule has 1 aliphatic rings. The molecule has 0 aromatic rings. The molecule has 0 spiro atoms. The molecular weight excluding hydrogens is 374 g/mol. The molecule has 154 valence electrons. The second-order valence-corrected chi connectivity index (χ2v) is 5.78. The summed E-state index contributed by atoms with van der Waals surface area (Å²) in [6.45, 7) is 0.709. The number of carbonyl (C=O) groups is 5. The van der Waals surface area contributed by atoms with E-state index in [4.69, 9.17) is 9.47 Å². The minimum absolute atomic E-state index is 0.0694. The number of Topliss-reactive ketones (excluding diaryl/α,β-unsaturated/α-hetero) is 1. The maximum Gasteiger partial charge on any atom is 0.331 e. The monoisotopic (exact) mass is 397 g/mol. The van der Waals surface area contributed by atoms with Crippen LogP contribution < -0.4 is 0 Å². The fourth-order valence-electron chi connectivity index (χ4n) is 2.31. The van der Waals surface area contributed by atoms with Crippen LogP contribution >= 0.6 is 0 Å². The number of carbonyl (C=O) groups excluding carboxylic acids is 5. The molecule has 1 heterocycles. The molecule has 0 bridgehead atoms. The van der Waals surface area contributed by atoms with Crippen molar-refractivity contribution in [1.82, 2.24) is 4.90 Å². The van der Waals surface area contributed by atoms with E-state index in [0.717, 1.165) is 38.5 Å². The molecule has 1 saturated heterocycles. The highest BCUT2D eigenvalue weighted by molar-refractivity contribution is 5.92. The number of piperidine rings is 1. The Bertz CT molecular complexity index is 653. The number of hydrogen-bond acceptors (Lipinski definition) is 10. The Kier molecular flexibility index (Phi) is 10.2. The number of ether oxygens (including phenoxy) is 4. The van der Waals surface area contributed by atoms with E-state index in [1.54, 1.807) is 4.90 Å². The third-order valence-electron chi connectivity index (χ3n) is 3.60. The standard InChI is InChI=1S/C18H23NO9/c1-25-15(21)5-7-17(23)27-12-14(11-19-9-3-4-13(20)10-19)28-18(24)8-6-16(22)26-2/h5-8,14H,3-4,9-12H2,1-2H3/b7-5+,8-6+. The lowest BCUT2D eigenvalue weighted by molar-refractivity contribution is -0.154. The average Bonchev–Trinajstić information content (AvgIpc) is 2.68. The molecule has 0 aromatic carbocycles. The van der Waals surface area contributed by atoms with Gasteiger partial charge in [0, 0.05) is 37.3 Å². The number of ketones is 1. The molecule has 0 N–H and O–H groups in total. The predicted octanol–water partition coefficient (Wildman–Crippen LogP) is -0.435. The van der Waals surface area contributed by atoms with E-state index in [-0.39, 0.29) is 25.5 Å². The summed E-state index contributed by atoms with van der Waals surface area (Å²) in [6.07, 6.45) is 3.86. The van der Waals surface area contributed by atoms with Crippen molar-refractivity contribution in [2.24, 2.45) is 0 Å². The van der Waals surface area contributed by atoms with Gasteiger partial charge in [-0.3, -0.25) is 9.69 Å². The highest BCUT2D eigenvalue weighted by Gasteiger charge is 2.23. The van der Waals surface area contributed by atoms with Crippen LogP contribution in [0.2, 0.25) is 0 Å². The van der Waals surface area contributed by atoms with E-state index in [2.05, 4.69) is 9.47 Å². The minimum Gasteiger partial charge on any atom is -0.466 e. The van der Waals surface area contributed by atoms with E-state index in [9.17, 15) is 24.0 Å². The Hall–Kier alpha value is -3.01. The van der Waals surface area contributed by atoms with Crippen LogP contribution in [-0.2, 0) is 42.9 Å². The van der Waals surface area contributed by atoms with Crippen LogP contribution in [0.1, 0.15) is 12.8 Å². The minimum atomic E-state index is -0.879. The van der Waals surface area contributed by atoms with Gasteiger partial charge in [0.25, 0.3) is 0 Å². The van der Waals surface area contributed by atoms with Crippen molar-refractivity contribution in [2.45, 2.75) is 18.9 Å². The third-order valence-corrected chi connectivity index (χ3v) is 3.60. The molecule has 10 heteroatoms. The lowest BCUT2D eigenvalue weighted by Gasteiger charge is -2.29. The Morgan fingerprint density at radius 3 is 2.11 bits per heavy atom. The van der Waals surface area contributed by atoms with Crippen LogP contribution in [0.15, 0.2) is 24.3 Å². The zero-order valence-electron chi connectivity index (χ0n) is 15.8. The average molecular weight is 397 g/mol. The quantitative estimate of drug-likeness (QED) is 0.287. The van der Waals surface area contributed by atoms with Crippen LogP contribution in [0.4, 0.5) is 0 Å². The zero-order chi connectivity index (χ0) is 20.9. The molecule has 10 nitrogen and oxygen atoms in total. The van der Waals surface area contributed by atoms with Crippen LogP contribution in [0, 0.1) is 0 Å². The molecule has 0 aliphatic carbocycles. The Labute approximate surface area is 162 Å². The van der Waals surface area contributed by atoms with Crippen LogP contribution in [0.25, 0.3) is 0 Å². The first-order chi connectivity index (χ1) is 13.3. The van der Waals surface area contributed by atoms with E-state index < -0.39 is 30.0 Å². The molecule has 1 rings (SSSR count). The van der Waals surface area contributed by atoms with Gasteiger partial charge in [0.2, 0.25) is 0 Å². The first-order valence-corrected chi connectivity index (χ1v) is 8.47. The van der Waals surface area contributed by atoms with Gasteiger partial charge < -0.3 is 18.9 Å². The molecular formula is C18H23NO9. The van der Waals surface area contributed by atoms with E-state index in [0.29, 0.717) is 19.4 Å². The Morgan fingerprint density at radius 2 is 1.54 bits per heavy atom. The van der Waals surface area contributed by atoms with Gasteiger partial charge in [-0.15, -0.1) is 0 Å². The lowest BCUT2D eigenvalue weighted by atomic mass is 10.1. The number of rotatable bonds is 9. The molecule has 28 heavy (non-hydrogen) atoms. The van der Waals surface area contributed by atoms with Crippen molar-refractivity contribution >= 4 is 29.7 Å². The molecule has 1 fully saturated rings. The molecule has 0 saturated carbocycles. The summed E-state index contributed by atoms with van der Waals surface area (Å²) >= 11 is 0. The van der Waals surface area contributed by atoms with Crippen LogP contribution in [-0.4, -0.2) is 81.1 Å². The highest BCUT2D eigenvalue weighted by Crippen LogP contribution is 2.09. The zero-order valence-corrected chi connectivity index (χ0v) is 15.8. The van der Waals surface area contributed by atoms with Gasteiger partial charge in [-0.05, 0) is 13.0 Å². The molecule has 1 atom stereocenters. The van der Waals surface area contributed by atoms with E-state index >= 15 is 0 Å². The SMILES string of the molecule is COC(=O)/C=C/C(=O)OCC(CN1CCCC(=O)C1)OC(=O)/C=C/C(=O)OC. The predicted molar refractivity (Wildman–Crippen MR) is 93.8 cm³/mol. The molecule has 0 aromatic heterocycles.